The first-order chi connectivity index (χ1) is 11.0. The van der Waals surface area contributed by atoms with Crippen LogP contribution in [0.1, 0.15) is 54.2 Å². The van der Waals surface area contributed by atoms with Crippen molar-refractivity contribution in [3.05, 3.63) is 35.2 Å². The molecule has 0 aromatic carbocycles. The first kappa shape index (κ1) is 15.6. The highest BCUT2D eigenvalue weighted by molar-refractivity contribution is 6.44. The van der Waals surface area contributed by atoms with E-state index in [9.17, 15) is 14.7 Å². The second-order valence-corrected chi connectivity index (χ2v) is 6.31. The average Bonchev–Trinajstić information content (AvgIpc) is 3.14. The van der Waals surface area contributed by atoms with Gasteiger partial charge in [0.1, 0.15) is 5.75 Å². The summed E-state index contributed by atoms with van der Waals surface area (Å²) < 4.78 is 1.86. The van der Waals surface area contributed by atoms with Crippen LogP contribution in [0.5, 0.6) is 5.75 Å². The minimum Gasteiger partial charge on any atom is -0.506 e. The number of nitrogens with zero attached hydrogens (tertiary/aromatic N) is 1. The predicted molar refractivity (Wildman–Crippen MR) is 87.6 cm³/mol. The van der Waals surface area contributed by atoms with Gasteiger partial charge in [0.05, 0.1) is 11.1 Å². The molecule has 0 aliphatic heterocycles. The van der Waals surface area contributed by atoms with Crippen molar-refractivity contribution in [2.75, 3.05) is 0 Å². The van der Waals surface area contributed by atoms with Gasteiger partial charge < -0.3 is 15.2 Å². The van der Waals surface area contributed by atoms with Crippen molar-refractivity contribution in [3.8, 4) is 5.75 Å². The molecular weight excluding hydrogens is 292 g/mol. The molecule has 0 atom stereocenters. The van der Waals surface area contributed by atoms with E-state index in [0.717, 1.165) is 17.7 Å². The molecule has 23 heavy (non-hydrogen) atoms. The molecule has 0 radical (unpaired) electrons. The fraction of sp³-hybridized carbons (Fsp3) is 0.444. The number of nitrogens with two attached hydrogens (primary N) is 1. The molecule has 122 valence electrons. The fourth-order valence-electron chi connectivity index (χ4n) is 3.86. The van der Waals surface area contributed by atoms with Crippen molar-refractivity contribution in [2.45, 2.75) is 45.4 Å². The summed E-state index contributed by atoms with van der Waals surface area (Å²) in [5, 5.41) is 10.3. The number of Topliss-reactive ketones (excluding diaryl/α,β-unsaturated/α-hetero) is 1. The molecule has 3 N–H and O–H groups in total. The molecule has 1 aliphatic carbocycles. The quantitative estimate of drug-likeness (QED) is 0.657. The van der Waals surface area contributed by atoms with Crippen LogP contribution in [0.2, 0.25) is 0 Å². The Labute approximate surface area is 135 Å². The summed E-state index contributed by atoms with van der Waals surface area (Å²) in [5.74, 6) is -1.11. The van der Waals surface area contributed by atoms with Crippen LogP contribution in [0.25, 0.3) is 5.52 Å². The smallest absolute Gasteiger partial charge is 0.289 e. The maximum Gasteiger partial charge on any atom is 0.289 e. The van der Waals surface area contributed by atoms with E-state index in [1.54, 1.807) is 6.07 Å². The maximum atomic E-state index is 12.3. The van der Waals surface area contributed by atoms with Crippen LogP contribution in [0, 0.1) is 5.92 Å². The highest BCUT2D eigenvalue weighted by Gasteiger charge is 2.28. The number of aromatic nitrogens is 1. The zero-order valence-electron chi connectivity index (χ0n) is 13.3. The summed E-state index contributed by atoms with van der Waals surface area (Å²) in [5.41, 5.74) is 7.76. The number of carbonyl (C=O) groups is 2. The van der Waals surface area contributed by atoms with Gasteiger partial charge in [-0.2, -0.15) is 0 Å². The molecule has 2 aromatic heterocycles. The van der Waals surface area contributed by atoms with Gasteiger partial charge in [-0.15, -0.1) is 0 Å². The first-order valence-electron chi connectivity index (χ1n) is 8.22. The molecule has 5 nitrogen and oxygen atoms in total. The van der Waals surface area contributed by atoms with E-state index in [1.165, 1.54) is 31.7 Å². The third kappa shape index (κ3) is 2.60. The predicted octanol–water partition coefficient (Wildman–Crippen LogP) is 2.61. The van der Waals surface area contributed by atoms with Gasteiger partial charge in [0.15, 0.2) is 0 Å². The van der Waals surface area contributed by atoms with Crippen LogP contribution in [0.4, 0.5) is 0 Å². The van der Waals surface area contributed by atoms with Crippen LogP contribution in [0.3, 0.4) is 0 Å². The van der Waals surface area contributed by atoms with E-state index in [2.05, 4.69) is 0 Å². The number of primary amides is 1. The molecule has 0 spiro atoms. The summed E-state index contributed by atoms with van der Waals surface area (Å²) in [6.07, 6.45) is 8.19. The van der Waals surface area contributed by atoms with Crippen LogP contribution >= 0.6 is 0 Å². The molecule has 2 heterocycles. The molecule has 5 heteroatoms. The lowest BCUT2D eigenvalue weighted by molar-refractivity contribution is -0.114. The van der Waals surface area contributed by atoms with Crippen LogP contribution in [-0.2, 0) is 17.6 Å². The van der Waals surface area contributed by atoms with Gasteiger partial charge in [0, 0.05) is 11.9 Å². The summed E-state index contributed by atoms with van der Waals surface area (Å²) in [4.78, 5) is 23.8. The van der Waals surface area contributed by atoms with Crippen LogP contribution in [0.15, 0.2) is 18.3 Å². The third-order valence-corrected chi connectivity index (χ3v) is 4.91. The monoisotopic (exact) mass is 314 g/mol. The van der Waals surface area contributed by atoms with Crippen molar-refractivity contribution in [1.29, 1.82) is 0 Å². The first-order valence-corrected chi connectivity index (χ1v) is 8.22. The molecule has 0 saturated heterocycles. The van der Waals surface area contributed by atoms with Crippen LogP contribution < -0.4 is 5.73 Å². The Morgan fingerprint density at radius 1 is 1.35 bits per heavy atom. The van der Waals surface area contributed by atoms with Crippen molar-refractivity contribution in [1.82, 2.24) is 4.40 Å². The number of pyridine rings is 1. The Balaban J connectivity index is 2.23. The number of rotatable bonds is 5. The zero-order chi connectivity index (χ0) is 16.6. The minimum atomic E-state index is -0.983. The Morgan fingerprint density at radius 3 is 2.65 bits per heavy atom. The SMILES string of the molecule is CCc1c(C(=O)C(N)=O)c2c(O)cccn2c1CC1CCCC1. The number of hydrogen-bond donors (Lipinski definition) is 2. The number of ketones is 1. The molecule has 0 bridgehead atoms. The van der Waals surface area contributed by atoms with Crippen molar-refractivity contribution in [2.24, 2.45) is 11.7 Å². The van der Waals surface area contributed by atoms with Crippen molar-refractivity contribution < 1.29 is 14.7 Å². The van der Waals surface area contributed by atoms with Gasteiger partial charge >= 0.3 is 0 Å². The molecule has 1 amide bonds. The lowest BCUT2D eigenvalue weighted by Crippen LogP contribution is -2.24. The second-order valence-electron chi connectivity index (χ2n) is 6.31. The number of fused-ring (bicyclic) bond motifs is 1. The lowest BCUT2D eigenvalue weighted by atomic mass is 9.96. The third-order valence-electron chi connectivity index (χ3n) is 4.91. The van der Waals surface area contributed by atoms with E-state index in [1.807, 2.05) is 17.5 Å². The summed E-state index contributed by atoms with van der Waals surface area (Å²) in [6.45, 7) is 1.96. The molecule has 1 saturated carbocycles. The van der Waals surface area contributed by atoms with Gasteiger partial charge in [-0.05, 0) is 36.5 Å². The largest absolute Gasteiger partial charge is 0.506 e. The second kappa shape index (κ2) is 6.07. The number of aromatic hydroxyl groups is 1. The minimum absolute atomic E-state index is 0.00414. The van der Waals surface area contributed by atoms with Gasteiger partial charge in [-0.3, -0.25) is 9.59 Å². The summed E-state index contributed by atoms with van der Waals surface area (Å²) in [6, 6.07) is 3.28. The molecule has 0 unspecified atom stereocenters. The Kier molecular flexibility index (Phi) is 4.11. The van der Waals surface area contributed by atoms with Gasteiger partial charge in [-0.25, -0.2) is 0 Å². The van der Waals surface area contributed by atoms with Gasteiger partial charge in [0.25, 0.3) is 11.7 Å². The van der Waals surface area contributed by atoms with E-state index < -0.39 is 11.7 Å². The number of hydrogen-bond acceptors (Lipinski definition) is 3. The topological polar surface area (TPSA) is 84.8 Å². The molecular formula is C18H22N2O3. The van der Waals surface area contributed by atoms with Crippen molar-refractivity contribution >= 4 is 17.2 Å². The summed E-state index contributed by atoms with van der Waals surface area (Å²) >= 11 is 0. The normalized spacial score (nSPS) is 15.3. The van der Waals surface area contributed by atoms with Gasteiger partial charge in [0.2, 0.25) is 0 Å². The molecule has 2 aromatic rings. The van der Waals surface area contributed by atoms with E-state index in [4.69, 9.17) is 5.73 Å². The van der Waals surface area contributed by atoms with Crippen LogP contribution in [-0.4, -0.2) is 21.2 Å². The number of amides is 1. The number of carbonyl (C=O) groups excluding carboxylic acids is 2. The lowest BCUT2D eigenvalue weighted by Gasteiger charge is -2.11. The van der Waals surface area contributed by atoms with Gasteiger partial charge in [-0.1, -0.05) is 32.6 Å². The average molecular weight is 314 g/mol. The van der Waals surface area contributed by atoms with Crippen molar-refractivity contribution in [3.63, 3.8) is 0 Å². The standard InChI is InChI=1S/C18H22N2O3/c1-2-12-13(10-11-6-3-4-7-11)20-9-5-8-14(21)16(20)15(12)17(22)18(19)23/h5,8-9,11,21H,2-4,6-7,10H2,1H3,(H2,19,23). The zero-order valence-corrected chi connectivity index (χ0v) is 13.3. The Bertz CT molecular complexity index is 770. The molecule has 3 rings (SSSR count). The maximum absolute atomic E-state index is 12.3. The fourth-order valence-corrected chi connectivity index (χ4v) is 3.86. The van der Waals surface area contributed by atoms with E-state index >= 15 is 0 Å². The highest BCUT2D eigenvalue weighted by atomic mass is 16.3. The molecule has 1 aliphatic rings. The molecule has 1 fully saturated rings. The Hall–Kier alpha value is -2.30. The highest BCUT2D eigenvalue weighted by Crippen LogP contribution is 2.35. The Morgan fingerprint density at radius 2 is 2.04 bits per heavy atom. The van der Waals surface area contributed by atoms with E-state index in [0.29, 0.717) is 17.9 Å². The summed E-state index contributed by atoms with van der Waals surface area (Å²) in [7, 11) is 0. The van der Waals surface area contributed by atoms with E-state index in [-0.39, 0.29) is 11.3 Å².